The maximum absolute atomic E-state index is 10.2. The molecule has 0 aliphatic heterocycles. The van der Waals surface area contributed by atoms with Gasteiger partial charge in [-0.05, 0) is 12.0 Å². The molecule has 0 amide bonds. The summed E-state index contributed by atoms with van der Waals surface area (Å²) in [6.07, 6.45) is 6.27. The second-order valence-corrected chi connectivity index (χ2v) is 2.36. The van der Waals surface area contributed by atoms with Crippen molar-refractivity contribution in [1.82, 2.24) is 0 Å². The Kier molecular flexibility index (Phi) is 2.21. The number of allylic oxidation sites excluding steroid dienone is 5. The van der Waals surface area contributed by atoms with Crippen molar-refractivity contribution in [2.45, 2.75) is 12.8 Å². The highest BCUT2D eigenvalue weighted by molar-refractivity contribution is 5.27. The molecule has 0 fully saturated rings. The van der Waals surface area contributed by atoms with Gasteiger partial charge in [0, 0.05) is 12.5 Å². The molecule has 0 heterocycles. The Morgan fingerprint density at radius 2 is 2.27 bits per heavy atom. The van der Waals surface area contributed by atoms with E-state index in [1.807, 2.05) is 0 Å². The van der Waals surface area contributed by atoms with Crippen LogP contribution in [0.3, 0.4) is 0 Å². The SMILES string of the molecule is C=CC1=CC=C([N+](=O)[O-])CC1. The zero-order chi connectivity index (χ0) is 8.27. The highest BCUT2D eigenvalue weighted by Gasteiger charge is 2.12. The normalized spacial score (nSPS) is 16.7. The van der Waals surface area contributed by atoms with Gasteiger partial charge in [-0.15, -0.1) is 0 Å². The van der Waals surface area contributed by atoms with Crippen molar-refractivity contribution in [2.24, 2.45) is 0 Å². The lowest BCUT2D eigenvalue weighted by atomic mass is 10.0. The molecular weight excluding hydrogens is 142 g/mol. The van der Waals surface area contributed by atoms with Crippen molar-refractivity contribution in [3.05, 3.63) is 46.2 Å². The van der Waals surface area contributed by atoms with E-state index in [0.29, 0.717) is 6.42 Å². The van der Waals surface area contributed by atoms with E-state index in [1.165, 1.54) is 0 Å². The van der Waals surface area contributed by atoms with E-state index in [9.17, 15) is 10.1 Å². The average Bonchev–Trinajstić information content (AvgIpc) is 2.05. The Bertz CT molecular complexity index is 251. The van der Waals surface area contributed by atoms with E-state index in [1.54, 1.807) is 18.2 Å². The molecule has 11 heavy (non-hydrogen) atoms. The molecule has 0 atom stereocenters. The van der Waals surface area contributed by atoms with Crippen molar-refractivity contribution in [2.75, 3.05) is 0 Å². The van der Waals surface area contributed by atoms with Crippen LogP contribution in [0, 0.1) is 10.1 Å². The molecule has 0 aromatic heterocycles. The van der Waals surface area contributed by atoms with E-state index in [2.05, 4.69) is 6.58 Å². The van der Waals surface area contributed by atoms with Crippen molar-refractivity contribution in [1.29, 1.82) is 0 Å². The van der Waals surface area contributed by atoms with Gasteiger partial charge in [-0.1, -0.05) is 18.7 Å². The predicted octanol–water partition coefficient (Wildman–Crippen LogP) is 2.05. The first-order chi connectivity index (χ1) is 5.24. The third-order valence-electron chi connectivity index (χ3n) is 1.66. The van der Waals surface area contributed by atoms with Crippen LogP contribution < -0.4 is 0 Å². The van der Waals surface area contributed by atoms with Gasteiger partial charge in [0.15, 0.2) is 0 Å². The Morgan fingerprint density at radius 1 is 1.55 bits per heavy atom. The lowest BCUT2D eigenvalue weighted by molar-refractivity contribution is -0.428. The van der Waals surface area contributed by atoms with Crippen molar-refractivity contribution in [3.8, 4) is 0 Å². The smallest absolute Gasteiger partial charge is 0.246 e. The van der Waals surface area contributed by atoms with Gasteiger partial charge in [-0.25, -0.2) is 0 Å². The first kappa shape index (κ1) is 7.72. The maximum atomic E-state index is 10.2. The van der Waals surface area contributed by atoms with Gasteiger partial charge in [0.05, 0.1) is 4.92 Å². The molecule has 0 aromatic rings. The minimum atomic E-state index is -0.337. The van der Waals surface area contributed by atoms with E-state index in [-0.39, 0.29) is 10.6 Å². The third-order valence-corrected chi connectivity index (χ3v) is 1.66. The van der Waals surface area contributed by atoms with Crippen molar-refractivity contribution >= 4 is 0 Å². The molecule has 0 spiro atoms. The summed E-state index contributed by atoms with van der Waals surface area (Å²) in [5.74, 6) is 0. The molecule has 0 radical (unpaired) electrons. The van der Waals surface area contributed by atoms with Crippen LogP contribution in [-0.4, -0.2) is 4.92 Å². The number of nitro groups is 1. The molecule has 1 aliphatic rings. The zero-order valence-corrected chi connectivity index (χ0v) is 6.12. The Hall–Kier alpha value is -1.38. The molecule has 0 N–H and O–H groups in total. The standard InChI is InChI=1S/C8H9NO2/c1-2-7-3-5-8(6-4-7)9(10)11/h2-3,5H,1,4,6H2. The number of rotatable bonds is 2. The summed E-state index contributed by atoms with van der Waals surface area (Å²) >= 11 is 0. The molecule has 0 aromatic carbocycles. The summed E-state index contributed by atoms with van der Waals surface area (Å²) in [5.41, 5.74) is 1.35. The summed E-state index contributed by atoms with van der Waals surface area (Å²) in [6, 6.07) is 0. The molecule has 0 unspecified atom stereocenters. The molecule has 1 rings (SSSR count). The van der Waals surface area contributed by atoms with E-state index in [4.69, 9.17) is 0 Å². The first-order valence-corrected chi connectivity index (χ1v) is 3.40. The van der Waals surface area contributed by atoms with E-state index in [0.717, 1.165) is 12.0 Å². The van der Waals surface area contributed by atoms with Gasteiger partial charge >= 0.3 is 0 Å². The monoisotopic (exact) mass is 151 g/mol. The fraction of sp³-hybridized carbons (Fsp3) is 0.250. The second-order valence-electron chi connectivity index (χ2n) is 2.36. The summed E-state index contributed by atoms with van der Waals surface area (Å²) in [7, 11) is 0. The summed E-state index contributed by atoms with van der Waals surface area (Å²) in [6.45, 7) is 3.59. The van der Waals surface area contributed by atoms with E-state index >= 15 is 0 Å². The number of nitrogens with zero attached hydrogens (tertiary/aromatic N) is 1. The highest BCUT2D eigenvalue weighted by atomic mass is 16.6. The summed E-state index contributed by atoms with van der Waals surface area (Å²) in [5, 5.41) is 10.2. The zero-order valence-electron chi connectivity index (χ0n) is 6.12. The molecular formula is C8H9NO2. The van der Waals surface area contributed by atoms with Crippen LogP contribution in [0.5, 0.6) is 0 Å². The molecule has 3 heteroatoms. The van der Waals surface area contributed by atoms with E-state index < -0.39 is 0 Å². The van der Waals surface area contributed by atoms with Crippen LogP contribution in [0.25, 0.3) is 0 Å². The average molecular weight is 151 g/mol. The third kappa shape index (κ3) is 1.77. The molecule has 58 valence electrons. The number of hydrogen-bond donors (Lipinski definition) is 0. The molecule has 0 saturated carbocycles. The van der Waals surface area contributed by atoms with Gasteiger partial charge in [0.25, 0.3) is 0 Å². The maximum Gasteiger partial charge on any atom is 0.246 e. The minimum absolute atomic E-state index is 0.288. The fourth-order valence-electron chi connectivity index (χ4n) is 0.965. The van der Waals surface area contributed by atoms with Crippen LogP contribution in [-0.2, 0) is 0 Å². The first-order valence-electron chi connectivity index (χ1n) is 3.40. The molecule has 1 aliphatic carbocycles. The molecule has 3 nitrogen and oxygen atoms in total. The van der Waals surface area contributed by atoms with Gasteiger partial charge in [0.1, 0.15) is 0 Å². The van der Waals surface area contributed by atoms with Gasteiger partial charge in [-0.3, -0.25) is 10.1 Å². The predicted molar refractivity (Wildman–Crippen MR) is 42.6 cm³/mol. The molecule has 0 saturated heterocycles. The Labute approximate surface area is 64.9 Å². The van der Waals surface area contributed by atoms with Gasteiger partial charge < -0.3 is 0 Å². The van der Waals surface area contributed by atoms with Crippen LogP contribution >= 0.6 is 0 Å². The fourth-order valence-corrected chi connectivity index (χ4v) is 0.965. The Morgan fingerprint density at radius 3 is 2.64 bits per heavy atom. The van der Waals surface area contributed by atoms with Gasteiger partial charge in [0.2, 0.25) is 5.70 Å². The summed E-state index contributed by atoms with van der Waals surface area (Å²) < 4.78 is 0. The lowest BCUT2D eigenvalue weighted by Crippen LogP contribution is -2.01. The lowest BCUT2D eigenvalue weighted by Gasteiger charge is -2.04. The minimum Gasteiger partial charge on any atom is -0.259 e. The number of hydrogen-bond acceptors (Lipinski definition) is 2. The van der Waals surface area contributed by atoms with Crippen molar-refractivity contribution in [3.63, 3.8) is 0 Å². The topological polar surface area (TPSA) is 43.1 Å². The largest absolute Gasteiger partial charge is 0.259 e. The van der Waals surface area contributed by atoms with Crippen LogP contribution in [0.1, 0.15) is 12.8 Å². The highest BCUT2D eigenvalue weighted by Crippen LogP contribution is 2.18. The quantitative estimate of drug-likeness (QED) is 0.447. The Balaban J connectivity index is 2.76. The van der Waals surface area contributed by atoms with Crippen molar-refractivity contribution < 1.29 is 4.92 Å². The van der Waals surface area contributed by atoms with Gasteiger partial charge in [-0.2, -0.15) is 0 Å². The van der Waals surface area contributed by atoms with Crippen LogP contribution in [0.15, 0.2) is 36.1 Å². The summed E-state index contributed by atoms with van der Waals surface area (Å²) in [4.78, 5) is 9.89. The van der Waals surface area contributed by atoms with Crippen LogP contribution in [0.2, 0.25) is 0 Å². The molecule has 0 bridgehead atoms. The van der Waals surface area contributed by atoms with Crippen LogP contribution in [0.4, 0.5) is 0 Å². The second kappa shape index (κ2) is 3.14.